The second kappa shape index (κ2) is 7.71. The molecule has 0 bridgehead atoms. The van der Waals surface area contributed by atoms with Gasteiger partial charge in [0.25, 0.3) is 0 Å². The van der Waals surface area contributed by atoms with E-state index in [1.54, 1.807) is 24.3 Å². The molecule has 1 aliphatic rings. The van der Waals surface area contributed by atoms with Crippen molar-refractivity contribution in [1.29, 1.82) is 0 Å². The van der Waals surface area contributed by atoms with Crippen LogP contribution in [0.4, 0.5) is 5.69 Å². The fourth-order valence-corrected chi connectivity index (χ4v) is 4.10. The molecule has 0 fully saturated rings. The molecule has 0 unspecified atom stereocenters. The maximum atomic E-state index is 12.6. The maximum absolute atomic E-state index is 12.6. The van der Waals surface area contributed by atoms with E-state index in [9.17, 15) is 9.90 Å². The standard InChI is InChI=1S/C26H25NO3/c1-17-15-26(2,3)27-22-14-13-19(20-11-7-8-12-23(20)28)21(24(17)22)16-30-25(29)18-9-5-4-6-10-18/h4-15,27-28H,16H2,1-3H3. The predicted octanol–water partition coefficient (Wildman–Crippen LogP) is 6.02. The summed E-state index contributed by atoms with van der Waals surface area (Å²) >= 11 is 0. The molecule has 0 radical (unpaired) electrons. The summed E-state index contributed by atoms with van der Waals surface area (Å²) in [6, 6.07) is 20.2. The first-order chi connectivity index (χ1) is 14.4. The van der Waals surface area contributed by atoms with Gasteiger partial charge in [-0.2, -0.15) is 0 Å². The Morgan fingerprint density at radius 3 is 2.40 bits per heavy atom. The number of phenolic OH excluding ortho intramolecular Hbond substituents is 1. The molecule has 3 aromatic rings. The largest absolute Gasteiger partial charge is 0.507 e. The molecule has 1 aliphatic heterocycles. The van der Waals surface area contributed by atoms with E-state index in [0.29, 0.717) is 11.1 Å². The fraction of sp³-hybridized carbons (Fsp3) is 0.192. The van der Waals surface area contributed by atoms with Crippen LogP contribution < -0.4 is 5.32 Å². The number of hydrogen-bond acceptors (Lipinski definition) is 4. The van der Waals surface area contributed by atoms with Gasteiger partial charge in [-0.1, -0.05) is 48.5 Å². The highest BCUT2D eigenvalue weighted by molar-refractivity contribution is 5.91. The third-order valence-electron chi connectivity index (χ3n) is 5.29. The van der Waals surface area contributed by atoms with Gasteiger partial charge in [-0.25, -0.2) is 4.79 Å². The van der Waals surface area contributed by atoms with Crippen LogP contribution in [0.3, 0.4) is 0 Å². The molecule has 1 heterocycles. The van der Waals surface area contributed by atoms with E-state index in [-0.39, 0.29) is 23.9 Å². The number of para-hydroxylation sites is 1. The van der Waals surface area contributed by atoms with Crippen molar-refractivity contribution in [2.45, 2.75) is 32.9 Å². The zero-order valence-electron chi connectivity index (χ0n) is 17.4. The van der Waals surface area contributed by atoms with Crippen molar-refractivity contribution in [1.82, 2.24) is 0 Å². The average molecular weight is 399 g/mol. The Bertz CT molecular complexity index is 1130. The molecule has 0 aromatic heterocycles. The molecular weight excluding hydrogens is 374 g/mol. The number of nitrogens with one attached hydrogen (secondary N) is 1. The van der Waals surface area contributed by atoms with Crippen LogP contribution in [-0.4, -0.2) is 16.6 Å². The number of aromatic hydroxyl groups is 1. The summed E-state index contributed by atoms with van der Waals surface area (Å²) in [5.41, 5.74) is 5.88. The average Bonchev–Trinajstić information content (AvgIpc) is 2.72. The normalized spacial score (nSPS) is 14.3. The van der Waals surface area contributed by atoms with Crippen molar-refractivity contribution < 1.29 is 14.6 Å². The number of rotatable bonds is 4. The third kappa shape index (κ3) is 3.81. The van der Waals surface area contributed by atoms with Gasteiger partial charge in [-0.15, -0.1) is 0 Å². The summed E-state index contributed by atoms with van der Waals surface area (Å²) in [6.07, 6.45) is 2.17. The van der Waals surface area contributed by atoms with Crippen LogP contribution in [0.5, 0.6) is 5.75 Å². The molecular formula is C26H25NO3. The van der Waals surface area contributed by atoms with E-state index in [2.05, 4.69) is 32.2 Å². The highest BCUT2D eigenvalue weighted by Crippen LogP contribution is 2.42. The van der Waals surface area contributed by atoms with Gasteiger partial charge in [0.1, 0.15) is 12.4 Å². The number of allylic oxidation sites excluding steroid dienone is 1. The molecule has 3 aromatic carbocycles. The summed E-state index contributed by atoms with van der Waals surface area (Å²) in [5.74, 6) is -0.180. The summed E-state index contributed by atoms with van der Waals surface area (Å²) in [5, 5.41) is 14.0. The lowest BCUT2D eigenvalue weighted by Crippen LogP contribution is -2.32. The van der Waals surface area contributed by atoms with Gasteiger partial charge >= 0.3 is 5.97 Å². The lowest BCUT2D eigenvalue weighted by atomic mass is 9.85. The van der Waals surface area contributed by atoms with Gasteiger partial charge in [-0.3, -0.25) is 0 Å². The topological polar surface area (TPSA) is 58.6 Å². The van der Waals surface area contributed by atoms with Crippen LogP contribution in [0.15, 0.2) is 72.8 Å². The number of benzene rings is 3. The highest BCUT2D eigenvalue weighted by atomic mass is 16.5. The Balaban J connectivity index is 1.80. The SMILES string of the molecule is CC1=CC(C)(C)Nc2ccc(-c3ccccc3O)c(COC(=O)c3ccccc3)c21. The van der Waals surface area contributed by atoms with Gasteiger partial charge < -0.3 is 15.2 Å². The smallest absolute Gasteiger partial charge is 0.338 e. The zero-order valence-corrected chi connectivity index (χ0v) is 17.4. The van der Waals surface area contributed by atoms with E-state index >= 15 is 0 Å². The van der Waals surface area contributed by atoms with E-state index in [1.807, 2.05) is 42.5 Å². The molecule has 4 nitrogen and oxygen atoms in total. The fourth-order valence-electron chi connectivity index (χ4n) is 4.10. The predicted molar refractivity (Wildman–Crippen MR) is 120 cm³/mol. The summed E-state index contributed by atoms with van der Waals surface area (Å²) in [7, 11) is 0. The Morgan fingerprint density at radius 2 is 1.67 bits per heavy atom. The summed E-state index contributed by atoms with van der Waals surface area (Å²) in [6.45, 7) is 6.41. The first-order valence-electron chi connectivity index (χ1n) is 10.0. The van der Waals surface area contributed by atoms with Crippen molar-refractivity contribution in [3.63, 3.8) is 0 Å². The molecule has 2 N–H and O–H groups in total. The minimum absolute atomic E-state index is 0.105. The first kappa shape index (κ1) is 19.8. The number of ether oxygens (including phenoxy) is 1. The number of esters is 1. The number of carbonyl (C=O) groups excluding carboxylic acids is 1. The van der Waals surface area contributed by atoms with E-state index in [1.165, 1.54) is 0 Å². The lowest BCUT2D eigenvalue weighted by Gasteiger charge is -2.33. The Labute approximate surface area is 176 Å². The molecule has 0 aliphatic carbocycles. The van der Waals surface area contributed by atoms with Crippen LogP contribution in [0.2, 0.25) is 0 Å². The minimum atomic E-state index is -0.373. The van der Waals surface area contributed by atoms with Crippen molar-refractivity contribution in [3.8, 4) is 16.9 Å². The quantitative estimate of drug-likeness (QED) is 0.527. The molecule has 4 heteroatoms. The van der Waals surface area contributed by atoms with E-state index in [4.69, 9.17) is 4.74 Å². The maximum Gasteiger partial charge on any atom is 0.338 e. The minimum Gasteiger partial charge on any atom is -0.507 e. The van der Waals surface area contributed by atoms with Crippen LogP contribution in [0.1, 0.15) is 42.3 Å². The van der Waals surface area contributed by atoms with Crippen LogP contribution in [-0.2, 0) is 11.3 Å². The second-order valence-corrected chi connectivity index (χ2v) is 8.15. The first-order valence-corrected chi connectivity index (χ1v) is 10.0. The summed E-state index contributed by atoms with van der Waals surface area (Å²) in [4.78, 5) is 12.6. The van der Waals surface area contributed by atoms with Gasteiger partial charge in [0.15, 0.2) is 0 Å². The number of hydrogen-bond donors (Lipinski definition) is 2. The Hall–Kier alpha value is -3.53. The monoisotopic (exact) mass is 399 g/mol. The van der Waals surface area contributed by atoms with Crippen molar-refractivity contribution in [2.24, 2.45) is 0 Å². The number of anilines is 1. The zero-order chi connectivity index (χ0) is 21.3. The van der Waals surface area contributed by atoms with Crippen LogP contribution >= 0.6 is 0 Å². The van der Waals surface area contributed by atoms with Gasteiger partial charge in [0, 0.05) is 22.4 Å². The third-order valence-corrected chi connectivity index (χ3v) is 5.29. The molecule has 0 spiro atoms. The summed E-state index contributed by atoms with van der Waals surface area (Å²) < 4.78 is 5.71. The van der Waals surface area contributed by atoms with E-state index < -0.39 is 0 Å². The molecule has 152 valence electrons. The highest BCUT2D eigenvalue weighted by Gasteiger charge is 2.27. The van der Waals surface area contributed by atoms with Crippen LogP contribution in [0.25, 0.3) is 16.7 Å². The number of carbonyl (C=O) groups is 1. The van der Waals surface area contributed by atoms with Gasteiger partial charge in [0.2, 0.25) is 0 Å². The lowest BCUT2D eigenvalue weighted by molar-refractivity contribution is 0.0473. The second-order valence-electron chi connectivity index (χ2n) is 8.15. The van der Waals surface area contributed by atoms with Gasteiger partial charge in [0.05, 0.1) is 11.1 Å². The Morgan fingerprint density at radius 1 is 0.967 bits per heavy atom. The number of fused-ring (bicyclic) bond motifs is 1. The number of phenols is 1. The Kier molecular flexibility index (Phi) is 5.08. The molecule has 0 atom stereocenters. The van der Waals surface area contributed by atoms with Crippen molar-refractivity contribution in [3.05, 3.63) is 89.5 Å². The molecule has 0 amide bonds. The van der Waals surface area contributed by atoms with Crippen molar-refractivity contribution >= 4 is 17.2 Å². The van der Waals surface area contributed by atoms with Crippen molar-refractivity contribution in [2.75, 3.05) is 5.32 Å². The van der Waals surface area contributed by atoms with Crippen LogP contribution in [0, 0.1) is 0 Å². The van der Waals surface area contributed by atoms with E-state index in [0.717, 1.165) is 28.0 Å². The molecule has 4 rings (SSSR count). The van der Waals surface area contributed by atoms with Gasteiger partial charge in [-0.05, 0) is 56.2 Å². The molecule has 0 saturated carbocycles. The molecule has 30 heavy (non-hydrogen) atoms. The molecule has 0 saturated heterocycles.